The van der Waals surface area contributed by atoms with Gasteiger partial charge in [-0.15, -0.1) is 0 Å². The average Bonchev–Trinajstić information content (AvgIpc) is 2.65. The van der Waals surface area contributed by atoms with E-state index < -0.39 is 6.17 Å². The molecule has 1 aromatic rings. The molecule has 14 heavy (non-hydrogen) atoms. The molecule has 0 amide bonds. The normalized spacial score (nSPS) is 21.6. The Labute approximate surface area is 86.7 Å². The lowest BCUT2D eigenvalue weighted by Gasteiger charge is -2.15. The fraction of sp³-hybridized carbons (Fsp3) is 0.556. The lowest BCUT2D eigenvalue weighted by molar-refractivity contribution is 0.364. The van der Waals surface area contributed by atoms with Gasteiger partial charge >= 0.3 is 0 Å². The van der Waals surface area contributed by atoms with Crippen molar-refractivity contribution in [3.63, 3.8) is 0 Å². The first-order valence-corrected chi connectivity index (χ1v) is 5.78. The number of rotatable bonds is 2. The van der Waals surface area contributed by atoms with Crippen LogP contribution in [0.4, 0.5) is 10.2 Å². The summed E-state index contributed by atoms with van der Waals surface area (Å²) in [6.45, 7) is 1.22. The van der Waals surface area contributed by atoms with Gasteiger partial charge < -0.3 is 4.90 Å². The summed E-state index contributed by atoms with van der Waals surface area (Å²) >= 11 is 1.50. The van der Waals surface area contributed by atoms with E-state index in [2.05, 4.69) is 9.97 Å². The molecule has 0 aliphatic carbocycles. The van der Waals surface area contributed by atoms with Gasteiger partial charge in [0.1, 0.15) is 12.0 Å². The molecular weight excluding hydrogens is 201 g/mol. The van der Waals surface area contributed by atoms with Crippen molar-refractivity contribution in [1.82, 2.24) is 9.97 Å². The van der Waals surface area contributed by atoms with Crippen LogP contribution in [0, 0.1) is 0 Å². The highest BCUT2D eigenvalue weighted by atomic mass is 32.2. The van der Waals surface area contributed by atoms with Crippen LogP contribution in [0.2, 0.25) is 0 Å². The molecule has 0 radical (unpaired) electrons. The molecule has 0 aromatic carbocycles. The lowest BCUT2D eigenvalue weighted by Crippen LogP contribution is -2.21. The predicted molar refractivity (Wildman–Crippen MR) is 55.5 cm³/mol. The highest BCUT2D eigenvalue weighted by Gasteiger charge is 2.22. The van der Waals surface area contributed by atoms with E-state index in [1.54, 1.807) is 6.20 Å². The van der Waals surface area contributed by atoms with Gasteiger partial charge in [-0.25, -0.2) is 14.4 Å². The van der Waals surface area contributed by atoms with Gasteiger partial charge in [-0.1, -0.05) is 11.8 Å². The highest BCUT2D eigenvalue weighted by Crippen LogP contribution is 2.20. The topological polar surface area (TPSA) is 29.0 Å². The Bertz CT molecular complexity index is 321. The monoisotopic (exact) mass is 213 g/mol. The maximum absolute atomic E-state index is 13.0. The summed E-state index contributed by atoms with van der Waals surface area (Å²) in [4.78, 5) is 10.4. The van der Waals surface area contributed by atoms with E-state index in [0.29, 0.717) is 13.0 Å². The quantitative estimate of drug-likeness (QED) is 0.553. The van der Waals surface area contributed by atoms with Gasteiger partial charge in [0.15, 0.2) is 5.16 Å². The summed E-state index contributed by atoms with van der Waals surface area (Å²) in [7, 11) is 0. The van der Waals surface area contributed by atoms with Gasteiger partial charge in [-0.2, -0.15) is 0 Å². The number of halogens is 1. The van der Waals surface area contributed by atoms with E-state index in [1.807, 2.05) is 17.2 Å². The summed E-state index contributed by atoms with van der Waals surface area (Å²) in [5.74, 6) is 0.838. The van der Waals surface area contributed by atoms with Crippen LogP contribution in [0.1, 0.15) is 6.42 Å². The molecule has 1 aliphatic heterocycles. The predicted octanol–water partition coefficient (Wildman–Crippen LogP) is 1.75. The second-order valence-electron chi connectivity index (χ2n) is 3.23. The number of anilines is 1. The first-order valence-electron chi connectivity index (χ1n) is 4.55. The lowest BCUT2D eigenvalue weighted by atomic mass is 10.3. The number of thioether (sulfide) groups is 1. The number of alkyl halides is 1. The Morgan fingerprint density at radius 3 is 3.14 bits per heavy atom. The molecule has 76 valence electrons. The second-order valence-corrected chi connectivity index (χ2v) is 4.01. The molecule has 0 N–H and O–H groups in total. The maximum Gasteiger partial charge on any atom is 0.189 e. The molecule has 1 aliphatic rings. The number of hydrogen-bond donors (Lipinski definition) is 0. The first kappa shape index (κ1) is 9.71. The van der Waals surface area contributed by atoms with E-state index in [1.165, 1.54) is 11.8 Å². The van der Waals surface area contributed by atoms with Gasteiger partial charge in [-0.05, 0) is 18.7 Å². The van der Waals surface area contributed by atoms with Crippen molar-refractivity contribution in [1.29, 1.82) is 0 Å². The highest BCUT2D eigenvalue weighted by molar-refractivity contribution is 7.98. The van der Waals surface area contributed by atoms with Crippen LogP contribution in [-0.4, -0.2) is 35.5 Å². The summed E-state index contributed by atoms with van der Waals surface area (Å²) < 4.78 is 13.0. The van der Waals surface area contributed by atoms with Crippen LogP contribution >= 0.6 is 11.8 Å². The third-order valence-electron chi connectivity index (χ3n) is 2.26. The third-order valence-corrected chi connectivity index (χ3v) is 2.82. The van der Waals surface area contributed by atoms with Gasteiger partial charge in [0.05, 0.1) is 6.54 Å². The SMILES string of the molecule is CSc1nccc(N2CCC(F)C2)n1. The van der Waals surface area contributed by atoms with Crippen molar-refractivity contribution in [2.24, 2.45) is 0 Å². The Morgan fingerprint density at radius 1 is 1.64 bits per heavy atom. The summed E-state index contributed by atoms with van der Waals surface area (Å²) in [6, 6.07) is 1.83. The van der Waals surface area contributed by atoms with Crippen LogP contribution in [0.3, 0.4) is 0 Å². The molecule has 0 bridgehead atoms. The van der Waals surface area contributed by atoms with Gasteiger partial charge in [0.2, 0.25) is 0 Å². The second kappa shape index (κ2) is 4.13. The number of aromatic nitrogens is 2. The molecule has 1 fully saturated rings. The average molecular weight is 213 g/mol. The fourth-order valence-electron chi connectivity index (χ4n) is 1.53. The van der Waals surface area contributed by atoms with Crippen molar-refractivity contribution in [3.05, 3.63) is 12.3 Å². The van der Waals surface area contributed by atoms with E-state index >= 15 is 0 Å². The Kier molecular flexibility index (Phi) is 2.86. The molecule has 1 aromatic heterocycles. The van der Waals surface area contributed by atoms with Gasteiger partial charge in [0.25, 0.3) is 0 Å². The molecule has 5 heteroatoms. The van der Waals surface area contributed by atoms with E-state index in [0.717, 1.165) is 17.5 Å². The molecule has 0 saturated carbocycles. The first-order chi connectivity index (χ1) is 6.79. The molecule has 1 unspecified atom stereocenters. The zero-order valence-electron chi connectivity index (χ0n) is 7.98. The summed E-state index contributed by atoms with van der Waals surface area (Å²) in [6.07, 6.45) is 3.56. The number of nitrogens with zero attached hydrogens (tertiary/aromatic N) is 3. The van der Waals surface area contributed by atoms with E-state index in [4.69, 9.17) is 0 Å². The van der Waals surface area contributed by atoms with Crippen LogP contribution in [0.15, 0.2) is 17.4 Å². The Hall–Kier alpha value is -0.840. The van der Waals surface area contributed by atoms with Crippen LogP contribution in [0.25, 0.3) is 0 Å². The molecular formula is C9H12FN3S. The molecule has 1 atom stereocenters. The molecule has 0 spiro atoms. The van der Waals surface area contributed by atoms with Gasteiger partial charge in [-0.3, -0.25) is 0 Å². The fourth-order valence-corrected chi connectivity index (χ4v) is 1.88. The summed E-state index contributed by atoms with van der Waals surface area (Å²) in [5.41, 5.74) is 0. The smallest absolute Gasteiger partial charge is 0.189 e. The zero-order chi connectivity index (χ0) is 9.97. The molecule has 3 nitrogen and oxygen atoms in total. The van der Waals surface area contributed by atoms with E-state index in [-0.39, 0.29) is 0 Å². The van der Waals surface area contributed by atoms with Crippen molar-refractivity contribution in [3.8, 4) is 0 Å². The van der Waals surface area contributed by atoms with Crippen molar-refractivity contribution < 1.29 is 4.39 Å². The van der Waals surface area contributed by atoms with Crippen LogP contribution in [-0.2, 0) is 0 Å². The molecule has 1 saturated heterocycles. The van der Waals surface area contributed by atoms with Crippen LogP contribution < -0.4 is 4.90 Å². The van der Waals surface area contributed by atoms with Crippen LogP contribution in [0.5, 0.6) is 0 Å². The largest absolute Gasteiger partial charge is 0.353 e. The Balaban J connectivity index is 2.15. The third kappa shape index (κ3) is 1.97. The molecule has 2 heterocycles. The minimum atomic E-state index is -0.706. The maximum atomic E-state index is 13.0. The number of hydrogen-bond acceptors (Lipinski definition) is 4. The minimum absolute atomic E-state index is 0.463. The Morgan fingerprint density at radius 2 is 2.50 bits per heavy atom. The van der Waals surface area contributed by atoms with Gasteiger partial charge in [0, 0.05) is 12.7 Å². The standard InChI is InChI=1S/C9H12FN3S/c1-14-9-11-4-2-8(12-9)13-5-3-7(10)6-13/h2,4,7H,3,5-6H2,1H3. The van der Waals surface area contributed by atoms with Crippen molar-refractivity contribution in [2.45, 2.75) is 17.7 Å². The summed E-state index contributed by atoms with van der Waals surface area (Å²) in [5, 5.41) is 0.741. The van der Waals surface area contributed by atoms with Crippen molar-refractivity contribution >= 4 is 17.6 Å². The molecule has 2 rings (SSSR count). The van der Waals surface area contributed by atoms with Crippen molar-refractivity contribution in [2.75, 3.05) is 24.2 Å². The zero-order valence-corrected chi connectivity index (χ0v) is 8.80. The minimum Gasteiger partial charge on any atom is -0.353 e. The van der Waals surface area contributed by atoms with E-state index in [9.17, 15) is 4.39 Å².